The molecule has 1 aliphatic rings. The maximum Gasteiger partial charge on any atom is 0.439 e. The van der Waals surface area contributed by atoms with Gasteiger partial charge in [0.2, 0.25) is 0 Å². The van der Waals surface area contributed by atoms with Crippen molar-refractivity contribution in [2.45, 2.75) is 6.42 Å². The molecule has 10 nitrogen and oxygen atoms in total. The lowest BCUT2D eigenvalue weighted by atomic mass is 10.3. The average molecular weight is 336 g/mol. The Hall–Kier alpha value is -2.72. The normalized spacial score (nSPS) is 16.0. The van der Waals surface area contributed by atoms with Gasteiger partial charge in [-0.15, -0.1) is 0 Å². The van der Waals surface area contributed by atoms with Gasteiger partial charge in [-0.25, -0.2) is 4.79 Å². The Labute approximate surface area is 136 Å². The van der Waals surface area contributed by atoms with E-state index in [0.29, 0.717) is 25.4 Å². The zero-order valence-electron chi connectivity index (χ0n) is 12.8. The van der Waals surface area contributed by atoms with Crippen LogP contribution in [0.1, 0.15) is 11.5 Å². The van der Waals surface area contributed by atoms with Crippen molar-refractivity contribution in [1.82, 2.24) is 9.58 Å². The van der Waals surface area contributed by atoms with Gasteiger partial charge in [0.1, 0.15) is 10.7 Å². The van der Waals surface area contributed by atoms with Crippen molar-refractivity contribution < 1.29 is 18.5 Å². The second-order valence-electron chi connectivity index (χ2n) is 5.19. The van der Waals surface area contributed by atoms with Crippen LogP contribution < -0.4 is 5.76 Å². The standard InChI is InChI=1S/C14H16N4O6/c19-14-17(15-9-11-1-2-13(23-11)18(20)21)10-12(24-14)3-4-16-5-7-22-8-6-16/h1-2,9-10H,3-8H2/b15-9+. The summed E-state index contributed by atoms with van der Waals surface area (Å²) in [5.41, 5.74) is 0. The number of ether oxygens (including phenoxy) is 1. The van der Waals surface area contributed by atoms with Crippen LogP contribution in [0.4, 0.5) is 5.88 Å². The van der Waals surface area contributed by atoms with E-state index >= 15 is 0 Å². The summed E-state index contributed by atoms with van der Waals surface area (Å²) in [7, 11) is 0. The molecule has 0 spiro atoms. The zero-order chi connectivity index (χ0) is 16.9. The van der Waals surface area contributed by atoms with Crippen LogP contribution in [-0.4, -0.2) is 53.6 Å². The van der Waals surface area contributed by atoms with E-state index in [9.17, 15) is 14.9 Å². The average Bonchev–Trinajstić information content (AvgIpc) is 3.19. The van der Waals surface area contributed by atoms with Crippen molar-refractivity contribution in [3.05, 3.63) is 50.5 Å². The number of hydrogen-bond acceptors (Lipinski definition) is 8. The summed E-state index contributed by atoms with van der Waals surface area (Å²) in [6.45, 7) is 3.92. The Morgan fingerprint density at radius 2 is 2.08 bits per heavy atom. The molecule has 10 heteroatoms. The molecule has 1 fully saturated rings. The van der Waals surface area contributed by atoms with Crippen molar-refractivity contribution in [1.29, 1.82) is 0 Å². The summed E-state index contributed by atoms with van der Waals surface area (Å²) in [5, 5.41) is 14.4. The van der Waals surface area contributed by atoms with Gasteiger partial charge in [0, 0.05) is 26.1 Å². The summed E-state index contributed by atoms with van der Waals surface area (Å²) in [4.78, 5) is 23.9. The molecule has 0 aliphatic carbocycles. The minimum absolute atomic E-state index is 0.171. The van der Waals surface area contributed by atoms with Gasteiger partial charge in [-0.3, -0.25) is 15.0 Å². The predicted octanol–water partition coefficient (Wildman–Crippen LogP) is 0.699. The molecule has 0 radical (unpaired) electrons. The molecule has 3 rings (SSSR count). The van der Waals surface area contributed by atoms with Gasteiger partial charge in [-0.1, -0.05) is 0 Å². The van der Waals surface area contributed by atoms with Crippen LogP contribution in [0.5, 0.6) is 0 Å². The summed E-state index contributed by atoms with van der Waals surface area (Å²) in [6, 6.07) is 2.61. The first-order chi connectivity index (χ1) is 11.6. The highest BCUT2D eigenvalue weighted by molar-refractivity contribution is 5.76. The van der Waals surface area contributed by atoms with E-state index in [-0.39, 0.29) is 11.6 Å². The van der Waals surface area contributed by atoms with E-state index in [1.54, 1.807) is 0 Å². The Bertz CT molecular complexity index is 783. The number of nitrogens with zero attached hydrogens (tertiary/aromatic N) is 4. The molecule has 1 aliphatic heterocycles. The number of aromatic nitrogens is 1. The van der Waals surface area contributed by atoms with E-state index in [2.05, 4.69) is 10.0 Å². The Balaban J connectivity index is 1.61. The maximum atomic E-state index is 11.7. The largest absolute Gasteiger partial charge is 0.439 e. The van der Waals surface area contributed by atoms with Crippen LogP contribution in [0.3, 0.4) is 0 Å². The highest BCUT2D eigenvalue weighted by atomic mass is 16.6. The molecule has 2 aromatic heterocycles. The third kappa shape index (κ3) is 3.97. The Morgan fingerprint density at radius 1 is 1.29 bits per heavy atom. The lowest BCUT2D eigenvalue weighted by molar-refractivity contribution is -0.402. The molecule has 1 saturated heterocycles. The molecule has 2 aromatic rings. The quantitative estimate of drug-likeness (QED) is 0.433. The zero-order valence-corrected chi connectivity index (χ0v) is 12.8. The van der Waals surface area contributed by atoms with E-state index < -0.39 is 10.7 Å². The molecule has 128 valence electrons. The van der Waals surface area contributed by atoms with Crippen LogP contribution in [-0.2, 0) is 11.2 Å². The second kappa shape index (κ2) is 7.23. The van der Waals surface area contributed by atoms with Crippen molar-refractivity contribution in [2.24, 2.45) is 5.10 Å². The van der Waals surface area contributed by atoms with Crippen LogP contribution in [0.15, 0.2) is 37.1 Å². The van der Waals surface area contributed by atoms with Gasteiger partial charge in [0.05, 0.1) is 31.7 Å². The summed E-state index contributed by atoms with van der Waals surface area (Å²) >= 11 is 0. The fraction of sp³-hybridized carbons (Fsp3) is 0.429. The molecule has 0 aromatic carbocycles. The molecular formula is C14H16N4O6. The first kappa shape index (κ1) is 16.1. The maximum absolute atomic E-state index is 11.7. The van der Waals surface area contributed by atoms with Crippen LogP contribution in [0, 0.1) is 10.1 Å². The lowest BCUT2D eigenvalue weighted by Crippen LogP contribution is -2.37. The minimum atomic E-state index is -0.648. The van der Waals surface area contributed by atoms with Gasteiger partial charge in [-0.2, -0.15) is 9.78 Å². The summed E-state index contributed by atoms with van der Waals surface area (Å²) in [6.07, 6.45) is 3.30. The van der Waals surface area contributed by atoms with E-state index in [1.807, 2.05) is 0 Å². The predicted molar refractivity (Wildman–Crippen MR) is 82.3 cm³/mol. The smallest absolute Gasteiger partial charge is 0.412 e. The van der Waals surface area contributed by atoms with Crippen molar-refractivity contribution >= 4 is 12.1 Å². The number of nitro groups is 1. The van der Waals surface area contributed by atoms with E-state index in [1.165, 1.54) is 24.5 Å². The fourth-order valence-corrected chi connectivity index (χ4v) is 2.29. The van der Waals surface area contributed by atoms with Gasteiger partial charge in [0.25, 0.3) is 0 Å². The topological polar surface area (TPSA) is 116 Å². The molecule has 0 atom stereocenters. The highest BCUT2D eigenvalue weighted by Gasteiger charge is 2.13. The number of oxazole rings is 1. The molecular weight excluding hydrogens is 320 g/mol. The SMILES string of the molecule is O=c1oc(CCN2CCOCC2)cn1/N=C/c1ccc([N+](=O)[O-])o1. The molecule has 0 unspecified atom stereocenters. The molecule has 0 amide bonds. The molecule has 24 heavy (non-hydrogen) atoms. The van der Waals surface area contributed by atoms with E-state index in [4.69, 9.17) is 13.6 Å². The minimum Gasteiger partial charge on any atom is -0.412 e. The highest BCUT2D eigenvalue weighted by Crippen LogP contribution is 2.13. The monoisotopic (exact) mass is 336 g/mol. The van der Waals surface area contributed by atoms with Gasteiger partial charge < -0.3 is 13.6 Å². The lowest BCUT2D eigenvalue weighted by Gasteiger charge is -2.25. The summed E-state index contributed by atoms with van der Waals surface area (Å²) in [5.74, 6) is -0.315. The molecule has 0 bridgehead atoms. The number of rotatable bonds is 6. The first-order valence-electron chi connectivity index (χ1n) is 7.42. The van der Waals surface area contributed by atoms with Crippen molar-refractivity contribution in [3.8, 4) is 0 Å². The third-order valence-corrected chi connectivity index (χ3v) is 3.55. The van der Waals surface area contributed by atoms with Gasteiger partial charge >= 0.3 is 11.6 Å². The Morgan fingerprint density at radius 3 is 2.79 bits per heavy atom. The second-order valence-corrected chi connectivity index (χ2v) is 5.19. The number of hydrogen-bond donors (Lipinski definition) is 0. The van der Waals surface area contributed by atoms with Crippen molar-refractivity contribution in [3.63, 3.8) is 0 Å². The number of morpholine rings is 1. The van der Waals surface area contributed by atoms with Gasteiger partial charge in [-0.05, 0) is 6.07 Å². The van der Waals surface area contributed by atoms with Crippen LogP contribution in [0.25, 0.3) is 0 Å². The first-order valence-corrected chi connectivity index (χ1v) is 7.42. The molecule has 3 heterocycles. The fourth-order valence-electron chi connectivity index (χ4n) is 2.29. The van der Waals surface area contributed by atoms with Crippen LogP contribution in [0.2, 0.25) is 0 Å². The Kier molecular flexibility index (Phi) is 4.87. The molecule has 0 N–H and O–H groups in total. The van der Waals surface area contributed by atoms with Crippen LogP contribution >= 0.6 is 0 Å². The number of furan rings is 1. The summed E-state index contributed by atoms with van der Waals surface area (Å²) < 4.78 is 16.4. The van der Waals surface area contributed by atoms with E-state index in [0.717, 1.165) is 24.3 Å². The third-order valence-electron chi connectivity index (χ3n) is 3.55. The van der Waals surface area contributed by atoms with Crippen molar-refractivity contribution in [2.75, 3.05) is 32.8 Å². The van der Waals surface area contributed by atoms with Gasteiger partial charge in [0.15, 0.2) is 5.76 Å². The molecule has 0 saturated carbocycles.